The van der Waals surface area contributed by atoms with E-state index < -0.39 is 12.1 Å². The molecule has 0 radical (unpaired) electrons. The molecule has 4 heterocycles. The number of thiophene rings is 1. The Kier molecular flexibility index (Phi) is 7.57. The predicted molar refractivity (Wildman–Crippen MR) is 104 cm³/mol. The Morgan fingerprint density at radius 3 is 2.74 bits per heavy atom. The fourth-order valence-corrected chi connectivity index (χ4v) is 4.30. The SMILES string of the molecule is O=C(N[C@H]1CN(Cc2ccsc2)[C@H]2CCCO[C@@H]12)c1cnccn1.O=C(O)C(F)(F)F. The number of nitrogens with zero attached hydrogens (tertiary/aromatic N) is 3. The number of carbonyl (C=O) groups excluding carboxylic acids is 1. The molecule has 0 unspecified atom stereocenters. The normalized spacial score (nSPS) is 23.4. The number of amides is 1. The summed E-state index contributed by atoms with van der Waals surface area (Å²) in [5.41, 5.74) is 1.67. The van der Waals surface area contributed by atoms with Crippen molar-refractivity contribution in [2.75, 3.05) is 13.2 Å². The molecule has 0 aromatic carbocycles. The van der Waals surface area contributed by atoms with Gasteiger partial charge in [0.1, 0.15) is 5.69 Å². The summed E-state index contributed by atoms with van der Waals surface area (Å²) in [6.45, 7) is 2.48. The van der Waals surface area contributed by atoms with E-state index >= 15 is 0 Å². The highest BCUT2D eigenvalue weighted by molar-refractivity contribution is 7.07. The summed E-state index contributed by atoms with van der Waals surface area (Å²) in [5.74, 6) is -2.94. The van der Waals surface area contributed by atoms with Crippen LogP contribution in [0.1, 0.15) is 28.9 Å². The average molecular weight is 458 g/mol. The summed E-state index contributed by atoms with van der Waals surface area (Å²) in [5, 5.41) is 14.5. The van der Waals surface area contributed by atoms with Gasteiger partial charge in [-0.3, -0.25) is 14.7 Å². The van der Waals surface area contributed by atoms with Crippen LogP contribution in [0.15, 0.2) is 35.4 Å². The van der Waals surface area contributed by atoms with Gasteiger partial charge in [0.05, 0.1) is 18.3 Å². The molecule has 3 atom stereocenters. The van der Waals surface area contributed by atoms with Crippen LogP contribution < -0.4 is 5.32 Å². The lowest BCUT2D eigenvalue weighted by molar-refractivity contribution is -0.192. The highest BCUT2D eigenvalue weighted by Crippen LogP contribution is 2.30. The van der Waals surface area contributed by atoms with Gasteiger partial charge in [0.25, 0.3) is 5.91 Å². The van der Waals surface area contributed by atoms with Crippen LogP contribution in [0.2, 0.25) is 0 Å². The summed E-state index contributed by atoms with van der Waals surface area (Å²) < 4.78 is 37.7. The standard InChI is InChI=1S/C17H20N4O2S.C2HF3O2/c22-17(13-8-18-4-5-19-13)20-14-10-21(9-12-3-7-24-11-12)15-2-1-6-23-16(14)15;3-2(4,5)1(6)7/h3-5,7-8,11,14-16H,1-2,6,9-10H2,(H,20,22);(H,6,7)/t14-,15-,16-;/m0./s1. The van der Waals surface area contributed by atoms with Crippen LogP contribution in [-0.4, -0.2) is 69.4 Å². The molecule has 2 saturated heterocycles. The molecule has 2 aromatic rings. The topological polar surface area (TPSA) is 105 Å². The van der Waals surface area contributed by atoms with Crippen LogP contribution >= 0.6 is 11.3 Å². The zero-order valence-corrected chi connectivity index (χ0v) is 17.1. The van der Waals surface area contributed by atoms with E-state index in [1.54, 1.807) is 17.5 Å². The minimum atomic E-state index is -5.08. The third-order valence-corrected chi connectivity index (χ3v) is 5.68. The number of fused-ring (bicyclic) bond motifs is 1. The van der Waals surface area contributed by atoms with E-state index in [1.165, 1.54) is 18.0 Å². The summed E-state index contributed by atoms with van der Waals surface area (Å²) in [7, 11) is 0. The van der Waals surface area contributed by atoms with Crippen molar-refractivity contribution >= 4 is 23.2 Å². The van der Waals surface area contributed by atoms with E-state index in [0.717, 1.165) is 32.5 Å². The molecule has 1 amide bonds. The minimum Gasteiger partial charge on any atom is -0.475 e. The zero-order valence-electron chi connectivity index (χ0n) is 16.3. The third-order valence-electron chi connectivity index (χ3n) is 4.95. The lowest BCUT2D eigenvalue weighted by atomic mass is 10.0. The van der Waals surface area contributed by atoms with Crippen molar-refractivity contribution in [3.05, 3.63) is 46.7 Å². The Hall–Kier alpha value is -2.57. The van der Waals surface area contributed by atoms with Crippen LogP contribution in [0, 0.1) is 0 Å². The van der Waals surface area contributed by atoms with Gasteiger partial charge in [0, 0.05) is 38.1 Å². The first-order chi connectivity index (χ1) is 14.8. The Morgan fingerprint density at radius 2 is 2.13 bits per heavy atom. The van der Waals surface area contributed by atoms with Gasteiger partial charge in [-0.25, -0.2) is 9.78 Å². The van der Waals surface area contributed by atoms with Gasteiger partial charge in [-0.1, -0.05) is 0 Å². The number of hydrogen-bond acceptors (Lipinski definition) is 7. The third kappa shape index (κ3) is 6.21. The number of aliphatic carboxylic acids is 1. The van der Waals surface area contributed by atoms with Gasteiger partial charge in [-0.05, 0) is 35.2 Å². The molecule has 0 bridgehead atoms. The van der Waals surface area contributed by atoms with Crippen LogP contribution in [0.5, 0.6) is 0 Å². The molecule has 0 aliphatic carbocycles. The second kappa shape index (κ2) is 10.2. The Labute approximate surface area is 180 Å². The molecule has 2 aromatic heterocycles. The van der Waals surface area contributed by atoms with E-state index in [-0.39, 0.29) is 18.1 Å². The van der Waals surface area contributed by atoms with E-state index in [1.807, 2.05) is 0 Å². The second-order valence-corrected chi connectivity index (χ2v) is 7.86. The van der Waals surface area contributed by atoms with E-state index in [4.69, 9.17) is 14.6 Å². The molecule has 2 aliphatic heterocycles. The van der Waals surface area contributed by atoms with Crippen molar-refractivity contribution < 1.29 is 32.6 Å². The maximum absolute atomic E-state index is 12.4. The molecule has 2 N–H and O–H groups in total. The largest absolute Gasteiger partial charge is 0.490 e. The van der Waals surface area contributed by atoms with E-state index in [2.05, 4.69) is 37.0 Å². The average Bonchev–Trinajstić information content (AvgIpc) is 3.37. The first-order valence-electron chi connectivity index (χ1n) is 9.49. The van der Waals surface area contributed by atoms with Crippen molar-refractivity contribution in [3.63, 3.8) is 0 Å². The number of carboxylic acid groups (broad SMARTS) is 1. The van der Waals surface area contributed by atoms with Crippen molar-refractivity contribution in [1.29, 1.82) is 0 Å². The molecule has 2 aliphatic rings. The maximum atomic E-state index is 12.4. The van der Waals surface area contributed by atoms with Gasteiger partial charge >= 0.3 is 12.1 Å². The number of rotatable bonds is 4. The van der Waals surface area contributed by atoms with Gasteiger partial charge in [0.2, 0.25) is 0 Å². The number of halogens is 3. The Morgan fingerprint density at radius 1 is 1.35 bits per heavy atom. The minimum absolute atomic E-state index is 0.0107. The molecule has 0 spiro atoms. The summed E-state index contributed by atoms with van der Waals surface area (Å²) in [6.07, 6.45) is 1.75. The first kappa shape index (κ1) is 23.1. The fourth-order valence-electron chi connectivity index (χ4n) is 3.64. The van der Waals surface area contributed by atoms with Crippen LogP contribution in [0.25, 0.3) is 0 Å². The molecule has 0 saturated carbocycles. The monoisotopic (exact) mass is 458 g/mol. The lowest BCUT2D eigenvalue weighted by Crippen LogP contribution is -2.47. The van der Waals surface area contributed by atoms with Crippen LogP contribution in [0.4, 0.5) is 13.2 Å². The van der Waals surface area contributed by atoms with Gasteiger partial charge in [0.15, 0.2) is 0 Å². The highest BCUT2D eigenvalue weighted by Gasteiger charge is 2.44. The molecule has 168 valence electrons. The number of carboxylic acids is 1. The first-order valence-corrected chi connectivity index (χ1v) is 10.4. The quantitative estimate of drug-likeness (QED) is 0.725. The van der Waals surface area contributed by atoms with Crippen molar-refractivity contribution in [2.24, 2.45) is 0 Å². The summed E-state index contributed by atoms with van der Waals surface area (Å²) in [6, 6.07) is 2.52. The Bertz CT molecular complexity index is 867. The molecular weight excluding hydrogens is 437 g/mol. The molecular formula is C19H21F3N4O4S. The second-order valence-electron chi connectivity index (χ2n) is 7.08. The van der Waals surface area contributed by atoms with Crippen molar-refractivity contribution in [1.82, 2.24) is 20.2 Å². The van der Waals surface area contributed by atoms with Gasteiger partial charge in [-0.15, -0.1) is 0 Å². The van der Waals surface area contributed by atoms with Gasteiger partial charge in [-0.2, -0.15) is 24.5 Å². The number of aromatic nitrogens is 2. The van der Waals surface area contributed by atoms with Crippen molar-refractivity contribution in [2.45, 2.75) is 43.8 Å². The summed E-state index contributed by atoms with van der Waals surface area (Å²) in [4.78, 5) is 31.8. The molecule has 8 nitrogen and oxygen atoms in total. The van der Waals surface area contributed by atoms with Crippen molar-refractivity contribution in [3.8, 4) is 0 Å². The number of nitrogens with one attached hydrogen (secondary N) is 1. The lowest BCUT2D eigenvalue weighted by Gasteiger charge is -2.32. The van der Waals surface area contributed by atoms with E-state index in [9.17, 15) is 18.0 Å². The maximum Gasteiger partial charge on any atom is 0.490 e. The van der Waals surface area contributed by atoms with Crippen LogP contribution in [-0.2, 0) is 16.1 Å². The van der Waals surface area contributed by atoms with Gasteiger partial charge < -0.3 is 15.2 Å². The smallest absolute Gasteiger partial charge is 0.475 e. The highest BCUT2D eigenvalue weighted by atomic mass is 32.1. The molecule has 31 heavy (non-hydrogen) atoms. The number of ether oxygens (including phenoxy) is 1. The zero-order chi connectivity index (χ0) is 22.4. The fraction of sp³-hybridized carbons (Fsp3) is 0.474. The number of carbonyl (C=O) groups is 2. The predicted octanol–water partition coefficient (Wildman–Crippen LogP) is 2.33. The molecule has 4 rings (SSSR count). The molecule has 2 fully saturated rings. The number of hydrogen-bond donors (Lipinski definition) is 2. The Balaban J connectivity index is 0.000000339. The number of alkyl halides is 3. The van der Waals surface area contributed by atoms with Crippen LogP contribution in [0.3, 0.4) is 0 Å². The van der Waals surface area contributed by atoms with E-state index in [0.29, 0.717) is 11.7 Å². The number of likely N-dealkylation sites (tertiary alicyclic amines) is 1. The molecule has 12 heteroatoms. The summed E-state index contributed by atoms with van der Waals surface area (Å²) >= 11 is 1.72.